The van der Waals surface area contributed by atoms with Gasteiger partial charge in [-0.05, 0) is 40.5 Å². The number of ether oxygens (including phenoxy) is 3. The molecule has 0 spiro atoms. The number of rotatable bonds is 6. The zero-order chi connectivity index (χ0) is 17.7. The van der Waals surface area contributed by atoms with Crippen LogP contribution in [0.1, 0.15) is 59.8 Å². The maximum atomic E-state index is 12.7. The van der Waals surface area contributed by atoms with Crippen LogP contribution in [0.4, 0.5) is 0 Å². The zero-order valence-corrected chi connectivity index (χ0v) is 15.0. The van der Waals surface area contributed by atoms with Gasteiger partial charge in [0.15, 0.2) is 0 Å². The molecule has 6 nitrogen and oxygen atoms in total. The second kappa shape index (κ2) is 8.11. The first-order valence-electron chi connectivity index (χ1n) is 8.30. The Morgan fingerprint density at radius 2 is 1.74 bits per heavy atom. The highest BCUT2D eigenvalue weighted by Gasteiger charge is 2.43. The van der Waals surface area contributed by atoms with Gasteiger partial charge in [-0.2, -0.15) is 0 Å². The van der Waals surface area contributed by atoms with Crippen LogP contribution in [-0.2, 0) is 23.8 Å². The predicted octanol–water partition coefficient (Wildman–Crippen LogP) is 2.18. The van der Waals surface area contributed by atoms with Gasteiger partial charge in [0.05, 0.1) is 25.2 Å². The van der Waals surface area contributed by atoms with E-state index < -0.39 is 29.1 Å². The Hall–Kier alpha value is -1.14. The molecule has 0 amide bonds. The van der Waals surface area contributed by atoms with E-state index >= 15 is 0 Å². The van der Waals surface area contributed by atoms with Gasteiger partial charge in [0.2, 0.25) is 0 Å². The van der Waals surface area contributed by atoms with Gasteiger partial charge in [0.1, 0.15) is 11.6 Å². The van der Waals surface area contributed by atoms with E-state index in [-0.39, 0.29) is 12.6 Å². The molecule has 0 bridgehead atoms. The van der Waals surface area contributed by atoms with Crippen LogP contribution in [0.15, 0.2) is 0 Å². The van der Waals surface area contributed by atoms with Crippen molar-refractivity contribution in [2.75, 3.05) is 13.7 Å². The summed E-state index contributed by atoms with van der Waals surface area (Å²) < 4.78 is 16.0. The molecular formula is C17H31NO5. The monoisotopic (exact) mass is 329 g/mol. The summed E-state index contributed by atoms with van der Waals surface area (Å²) in [6, 6.07) is -0.862. The van der Waals surface area contributed by atoms with Crippen molar-refractivity contribution < 1.29 is 23.8 Å². The molecule has 1 fully saturated rings. The van der Waals surface area contributed by atoms with Crippen molar-refractivity contribution in [1.29, 1.82) is 0 Å². The smallest absolute Gasteiger partial charge is 0.325 e. The third-order valence-electron chi connectivity index (χ3n) is 4.24. The zero-order valence-electron chi connectivity index (χ0n) is 15.0. The van der Waals surface area contributed by atoms with Crippen LogP contribution >= 0.6 is 0 Å². The van der Waals surface area contributed by atoms with Gasteiger partial charge in [-0.15, -0.1) is 0 Å². The van der Waals surface area contributed by atoms with Crippen LogP contribution in [-0.4, -0.2) is 43.4 Å². The lowest BCUT2D eigenvalue weighted by Gasteiger charge is -2.37. The number of hydrogen-bond acceptors (Lipinski definition) is 6. The second-order valence-corrected chi connectivity index (χ2v) is 7.41. The number of hydrogen-bond donors (Lipinski definition) is 1. The Bertz CT molecular complexity index is 410. The van der Waals surface area contributed by atoms with Crippen molar-refractivity contribution in [2.24, 2.45) is 11.1 Å². The van der Waals surface area contributed by atoms with Gasteiger partial charge in [-0.3, -0.25) is 9.59 Å². The normalized spacial score (nSPS) is 20.4. The molecular weight excluding hydrogens is 298 g/mol. The van der Waals surface area contributed by atoms with E-state index in [2.05, 4.69) is 4.74 Å². The minimum atomic E-state index is -0.862. The summed E-state index contributed by atoms with van der Waals surface area (Å²) in [5.74, 6) is -0.740. The lowest BCUT2D eigenvalue weighted by atomic mass is 9.74. The molecule has 0 aromatic heterocycles. The molecule has 2 atom stereocenters. The summed E-state index contributed by atoms with van der Waals surface area (Å²) >= 11 is 0. The first-order valence-corrected chi connectivity index (χ1v) is 8.30. The van der Waals surface area contributed by atoms with Crippen molar-refractivity contribution in [3.05, 3.63) is 0 Å². The van der Waals surface area contributed by atoms with E-state index in [0.717, 1.165) is 32.1 Å². The van der Waals surface area contributed by atoms with Gasteiger partial charge in [-0.25, -0.2) is 0 Å². The number of carbonyl (C=O) groups is 2. The Morgan fingerprint density at radius 3 is 2.22 bits per heavy atom. The largest absolute Gasteiger partial charge is 0.468 e. The van der Waals surface area contributed by atoms with E-state index in [0.29, 0.717) is 0 Å². The number of methoxy groups -OCH3 is 1. The van der Waals surface area contributed by atoms with Crippen molar-refractivity contribution in [2.45, 2.75) is 77.5 Å². The minimum Gasteiger partial charge on any atom is -0.468 e. The Balaban J connectivity index is 2.75. The topological polar surface area (TPSA) is 87.9 Å². The molecule has 1 aliphatic rings. The first kappa shape index (κ1) is 19.9. The number of esters is 2. The highest BCUT2D eigenvalue weighted by Crippen LogP contribution is 2.39. The number of nitrogens with two attached hydrogens (primary N) is 1. The maximum Gasteiger partial charge on any atom is 0.325 e. The van der Waals surface area contributed by atoms with E-state index in [4.69, 9.17) is 15.2 Å². The van der Waals surface area contributed by atoms with Crippen molar-refractivity contribution in [1.82, 2.24) is 0 Å². The minimum absolute atomic E-state index is 0.216. The summed E-state index contributed by atoms with van der Waals surface area (Å²) in [5.41, 5.74) is 4.62. The van der Waals surface area contributed by atoms with Crippen molar-refractivity contribution >= 4 is 11.9 Å². The van der Waals surface area contributed by atoms with Crippen molar-refractivity contribution in [3.8, 4) is 0 Å². The molecule has 134 valence electrons. The van der Waals surface area contributed by atoms with Crippen LogP contribution in [0.5, 0.6) is 0 Å². The van der Waals surface area contributed by atoms with Gasteiger partial charge in [0.25, 0.3) is 0 Å². The molecule has 1 rings (SSSR count). The fourth-order valence-electron chi connectivity index (χ4n) is 2.74. The van der Waals surface area contributed by atoms with E-state index in [1.807, 2.05) is 20.8 Å². The second-order valence-electron chi connectivity index (χ2n) is 7.41. The third kappa shape index (κ3) is 5.77. The average molecular weight is 329 g/mol. The molecule has 0 aliphatic heterocycles. The Labute approximate surface area is 139 Å². The highest BCUT2D eigenvalue weighted by atomic mass is 16.6. The van der Waals surface area contributed by atoms with Gasteiger partial charge in [0, 0.05) is 0 Å². The fraction of sp³-hybridized carbons (Fsp3) is 0.882. The lowest BCUT2D eigenvalue weighted by molar-refractivity contribution is -0.176. The molecule has 1 aliphatic carbocycles. The van der Waals surface area contributed by atoms with Crippen molar-refractivity contribution in [3.63, 3.8) is 0 Å². The van der Waals surface area contributed by atoms with Gasteiger partial charge >= 0.3 is 11.9 Å². The average Bonchev–Trinajstić information content (AvgIpc) is 2.50. The summed E-state index contributed by atoms with van der Waals surface area (Å²) in [7, 11) is 1.29. The van der Waals surface area contributed by atoms with E-state index in [1.165, 1.54) is 7.11 Å². The van der Waals surface area contributed by atoms with Gasteiger partial charge in [-0.1, -0.05) is 19.3 Å². The standard InChI is InChI=1S/C17H31NO5/c1-12(13(18)14(19)21-5)22-11-17(9-7-6-8-10-17)15(20)23-16(2,3)4/h12-13H,6-11,18H2,1-5H3/t12-,13+/m1/s1. The van der Waals surface area contributed by atoms with Crippen LogP contribution in [0.25, 0.3) is 0 Å². The predicted molar refractivity (Wildman–Crippen MR) is 86.8 cm³/mol. The molecule has 0 saturated heterocycles. The van der Waals surface area contributed by atoms with E-state index in [1.54, 1.807) is 6.92 Å². The molecule has 0 aromatic carbocycles. The summed E-state index contributed by atoms with van der Waals surface area (Å²) in [4.78, 5) is 24.2. The molecule has 0 heterocycles. The van der Waals surface area contributed by atoms with Crippen LogP contribution in [0, 0.1) is 5.41 Å². The fourth-order valence-corrected chi connectivity index (χ4v) is 2.74. The Kier molecular flexibility index (Phi) is 7.02. The number of carbonyl (C=O) groups excluding carboxylic acids is 2. The quantitative estimate of drug-likeness (QED) is 0.752. The van der Waals surface area contributed by atoms with Crippen LogP contribution in [0.3, 0.4) is 0 Å². The summed E-state index contributed by atoms with van der Waals surface area (Å²) in [6.07, 6.45) is 4.01. The molecule has 0 radical (unpaired) electrons. The lowest BCUT2D eigenvalue weighted by Crippen LogP contribution is -2.47. The van der Waals surface area contributed by atoms with Crippen LogP contribution in [0.2, 0.25) is 0 Å². The molecule has 2 N–H and O–H groups in total. The Morgan fingerprint density at radius 1 is 1.17 bits per heavy atom. The third-order valence-corrected chi connectivity index (χ3v) is 4.24. The van der Waals surface area contributed by atoms with E-state index in [9.17, 15) is 9.59 Å². The molecule has 1 saturated carbocycles. The molecule has 0 unspecified atom stereocenters. The molecule has 0 aromatic rings. The molecule has 6 heteroatoms. The molecule has 23 heavy (non-hydrogen) atoms. The maximum absolute atomic E-state index is 12.7. The SMILES string of the molecule is COC(=O)[C@@H](N)[C@@H](C)OCC1(C(=O)OC(C)(C)C)CCCCC1. The summed E-state index contributed by atoms with van der Waals surface area (Å²) in [5, 5.41) is 0. The summed E-state index contributed by atoms with van der Waals surface area (Å²) in [6.45, 7) is 7.51. The highest BCUT2D eigenvalue weighted by molar-refractivity contribution is 5.78. The van der Waals surface area contributed by atoms with Gasteiger partial charge < -0.3 is 19.9 Å². The first-order chi connectivity index (χ1) is 10.6. The van der Waals surface area contributed by atoms with Crippen LogP contribution < -0.4 is 5.73 Å².